The Kier molecular flexibility index (Phi) is 2.50. The number of aromatic nitrogens is 2. The lowest BCUT2D eigenvalue weighted by molar-refractivity contribution is -0.160. The van der Waals surface area contributed by atoms with Gasteiger partial charge in [0.05, 0.1) is 5.69 Å². The lowest BCUT2D eigenvalue weighted by atomic mass is 9.90. The molecule has 1 aliphatic heterocycles. The van der Waals surface area contributed by atoms with Crippen LogP contribution in [0.1, 0.15) is 30.6 Å². The molecule has 5 heteroatoms. The quantitative estimate of drug-likeness (QED) is 0.767. The van der Waals surface area contributed by atoms with Gasteiger partial charge in [-0.15, -0.1) is 0 Å². The largest absolute Gasteiger partial charge is 0.479 e. The first kappa shape index (κ1) is 11.1. The Morgan fingerprint density at radius 3 is 2.88 bits per heavy atom. The normalized spacial score (nSPS) is 24.2. The van der Waals surface area contributed by atoms with Gasteiger partial charge in [-0.1, -0.05) is 6.92 Å². The number of carboxylic acid groups (broad SMARTS) is 1. The number of rotatable bonds is 2. The Hall–Kier alpha value is -1.36. The van der Waals surface area contributed by atoms with E-state index in [0.29, 0.717) is 6.54 Å². The molecule has 2 rings (SSSR count). The number of aryl methyl sites for hydroxylation is 2. The molecule has 0 radical (unpaired) electrons. The topological polar surface area (TPSA) is 75.3 Å². The molecule has 2 N–H and O–H groups in total. The number of carboxylic acids is 1. The molecule has 1 aromatic heterocycles. The van der Waals surface area contributed by atoms with Gasteiger partial charge in [0.15, 0.2) is 5.60 Å². The number of hydrogen-bond donors (Lipinski definition) is 2. The number of aliphatic carboxylic acids is 1. The maximum Gasteiger partial charge on any atom is 0.336 e. The van der Waals surface area contributed by atoms with E-state index in [-0.39, 0.29) is 12.8 Å². The highest BCUT2D eigenvalue weighted by Crippen LogP contribution is 2.28. The summed E-state index contributed by atoms with van der Waals surface area (Å²) in [5.74, 6) is -0.169. The number of fused-ring (bicyclic) bond motifs is 1. The summed E-state index contributed by atoms with van der Waals surface area (Å²) in [5.41, 5.74) is 0.0652. The van der Waals surface area contributed by atoms with Crippen LogP contribution in [-0.4, -0.2) is 31.3 Å². The van der Waals surface area contributed by atoms with Crippen LogP contribution in [0.25, 0.3) is 0 Å². The van der Waals surface area contributed by atoms with Crippen molar-refractivity contribution in [2.45, 2.75) is 45.3 Å². The molecule has 0 saturated heterocycles. The predicted molar refractivity (Wildman–Crippen MR) is 57.2 cm³/mol. The van der Waals surface area contributed by atoms with E-state index in [0.717, 1.165) is 23.6 Å². The number of aliphatic hydroxyl groups is 1. The molecule has 0 saturated carbocycles. The van der Waals surface area contributed by atoms with Crippen LogP contribution >= 0.6 is 0 Å². The average molecular weight is 224 g/mol. The van der Waals surface area contributed by atoms with Gasteiger partial charge in [0.2, 0.25) is 0 Å². The van der Waals surface area contributed by atoms with E-state index in [2.05, 4.69) is 4.98 Å². The fourth-order valence-corrected chi connectivity index (χ4v) is 2.27. The maximum atomic E-state index is 11.0. The maximum absolute atomic E-state index is 11.0. The Bertz CT molecular complexity index is 439. The molecule has 88 valence electrons. The molecule has 0 spiro atoms. The summed E-state index contributed by atoms with van der Waals surface area (Å²) >= 11 is 0. The van der Waals surface area contributed by atoms with E-state index in [1.54, 1.807) is 0 Å². The van der Waals surface area contributed by atoms with Gasteiger partial charge in [-0.2, -0.15) is 0 Å². The minimum absolute atomic E-state index is 0.154. The summed E-state index contributed by atoms with van der Waals surface area (Å²) in [6.45, 7) is 4.41. The third kappa shape index (κ3) is 1.51. The fraction of sp³-hybridized carbons (Fsp3) is 0.636. The second-order valence-corrected chi connectivity index (χ2v) is 4.33. The first-order valence-corrected chi connectivity index (χ1v) is 5.48. The Morgan fingerprint density at radius 1 is 1.62 bits per heavy atom. The Labute approximate surface area is 93.7 Å². The number of hydrogen-bond acceptors (Lipinski definition) is 3. The van der Waals surface area contributed by atoms with Gasteiger partial charge in [0, 0.05) is 31.5 Å². The number of carbonyl (C=O) groups is 1. The van der Waals surface area contributed by atoms with Gasteiger partial charge >= 0.3 is 5.97 Å². The van der Waals surface area contributed by atoms with Crippen molar-refractivity contribution in [1.82, 2.24) is 9.55 Å². The standard InChI is InChI=1S/C11H16N2O3/c1-3-9-12-7(2)8-6-11(16,10(14)15)4-5-13(8)9/h16H,3-6H2,1-2H3,(H,14,15). The second kappa shape index (κ2) is 3.59. The van der Waals surface area contributed by atoms with Crippen molar-refractivity contribution >= 4 is 5.97 Å². The molecule has 0 bridgehead atoms. The molecule has 0 amide bonds. The van der Waals surface area contributed by atoms with E-state index in [1.807, 2.05) is 18.4 Å². The van der Waals surface area contributed by atoms with Gasteiger partial charge in [-0.05, 0) is 6.92 Å². The third-order valence-corrected chi connectivity index (χ3v) is 3.27. The minimum atomic E-state index is -1.62. The van der Waals surface area contributed by atoms with Crippen molar-refractivity contribution in [2.75, 3.05) is 0 Å². The van der Waals surface area contributed by atoms with E-state index >= 15 is 0 Å². The van der Waals surface area contributed by atoms with Crippen molar-refractivity contribution < 1.29 is 15.0 Å². The van der Waals surface area contributed by atoms with Crippen molar-refractivity contribution in [3.63, 3.8) is 0 Å². The summed E-state index contributed by atoms with van der Waals surface area (Å²) in [7, 11) is 0. The summed E-state index contributed by atoms with van der Waals surface area (Å²) in [6.07, 6.45) is 1.23. The SMILES string of the molecule is CCc1nc(C)c2n1CCC(O)(C(=O)O)C2. The molecule has 0 aliphatic carbocycles. The van der Waals surface area contributed by atoms with E-state index in [9.17, 15) is 9.90 Å². The highest BCUT2D eigenvalue weighted by atomic mass is 16.4. The molecule has 5 nitrogen and oxygen atoms in total. The van der Waals surface area contributed by atoms with Gasteiger partial charge < -0.3 is 14.8 Å². The van der Waals surface area contributed by atoms with Crippen LogP contribution in [0, 0.1) is 6.92 Å². The zero-order chi connectivity index (χ0) is 11.9. The van der Waals surface area contributed by atoms with Gasteiger partial charge in [0.25, 0.3) is 0 Å². The molecule has 0 fully saturated rings. The van der Waals surface area contributed by atoms with Crippen molar-refractivity contribution in [2.24, 2.45) is 0 Å². The first-order valence-electron chi connectivity index (χ1n) is 5.48. The van der Waals surface area contributed by atoms with Crippen LogP contribution in [0.2, 0.25) is 0 Å². The molecular formula is C11H16N2O3. The lowest BCUT2D eigenvalue weighted by Crippen LogP contribution is -2.45. The monoisotopic (exact) mass is 224 g/mol. The molecule has 1 unspecified atom stereocenters. The fourth-order valence-electron chi connectivity index (χ4n) is 2.27. The van der Waals surface area contributed by atoms with Crippen LogP contribution in [-0.2, 0) is 24.2 Å². The van der Waals surface area contributed by atoms with Crippen molar-refractivity contribution in [3.8, 4) is 0 Å². The lowest BCUT2D eigenvalue weighted by Gasteiger charge is -2.30. The Morgan fingerprint density at radius 2 is 2.31 bits per heavy atom. The highest BCUT2D eigenvalue weighted by molar-refractivity contribution is 5.77. The Balaban J connectivity index is 2.41. The summed E-state index contributed by atoms with van der Waals surface area (Å²) < 4.78 is 2.03. The summed E-state index contributed by atoms with van der Waals surface area (Å²) in [6, 6.07) is 0. The van der Waals surface area contributed by atoms with E-state index in [1.165, 1.54) is 0 Å². The number of nitrogens with zero attached hydrogens (tertiary/aromatic N) is 2. The van der Waals surface area contributed by atoms with Crippen LogP contribution in [0.4, 0.5) is 0 Å². The molecular weight excluding hydrogens is 208 g/mol. The predicted octanol–water partition coefficient (Wildman–Crippen LogP) is 0.516. The van der Waals surface area contributed by atoms with Crippen LogP contribution in [0.5, 0.6) is 0 Å². The average Bonchev–Trinajstić information content (AvgIpc) is 2.55. The zero-order valence-corrected chi connectivity index (χ0v) is 9.53. The zero-order valence-electron chi connectivity index (χ0n) is 9.53. The van der Waals surface area contributed by atoms with E-state index in [4.69, 9.17) is 5.11 Å². The van der Waals surface area contributed by atoms with Crippen molar-refractivity contribution in [3.05, 3.63) is 17.2 Å². The van der Waals surface area contributed by atoms with Crippen LogP contribution in [0.3, 0.4) is 0 Å². The highest BCUT2D eigenvalue weighted by Gasteiger charge is 2.41. The summed E-state index contributed by atoms with van der Waals surface area (Å²) in [5, 5.41) is 19.0. The van der Waals surface area contributed by atoms with Gasteiger partial charge in [-0.25, -0.2) is 9.78 Å². The van der Waals surface area contributed by atoms with Gasteiger partial charge in [0.1, 0.15) is 5.82 Å². The molecule has 2 heterocycles. The molecule has 1 aliphatic rings. The third-order valence-electron chi connectivity index (χ3n) is 3.27. The van der Waals surface area contributed by atoms with Gasteiger partial charge in [-0.3, -0.25) is 0 Å². The second-order valence-electron chi connectivity index (χ2n) is 4.33. The van der Waals surface area contributed by atoms with Crippen LogP contribution < -0.4 is 0 Å². The molecule has 0 aromatic carbocycles. The van der Waals surface area contributed by atoms with E-state index < -0.39 is 11.6 Å². The molecule has 16 heavy (non-hydrogen) atoms. The first-order chi connectivity index (χ1) is 7.48. The van der Waals surface area contributed by atoms with Crippen LogP contribution in [0.15, 0.2) is 0 Å². The van der Waals surface area contributed by atoms with Crippen molar-refractivity contribution in [1.29, 1.82) is 0 Å². The molecule has 1 atom stereocenters. The summed E-state index contributed by atoms with van der Waals surface area (Å²) in [4.78, 5) is 15.4. The smallest absolute Gasteiger partial charge is 0.336 e. The molecule has 1 aromatic rings. The number of imidazole rings is 1. The minimum Gasteiger partial charge on any atom is -0.479 e.